The highest BCUT2D eigenvalue weighted by Crippen LogP contribution is 2.17. The molecule has 0 atom stereocenters. The predicted molar refractivity (Wildman–Crippen MR) is 86.9 cm³/mol. The van der Waals surface area contributed by atoms with E-state index in [-0.39, 0.29) is 18.9 Å². The Kier molecular flexibility index (Phi) is 5.46. The molecule has 1 amide bonds. The van der Waals surface area contributed by atoms with E-state index in [2.05, 4.69) is 4.72 Å². The van der Waals surface area contributed by atoms with Gasteiger partial charge in [-0.05, 0) is 29.8 Å². The first-order valence-electron chi connectivity index (χ1n) is 6.89. The lowest BCUT2D eigenvalue weighted by molar-refractivity contribution is -0.117. The maximum absolute atomic E-state index is 13.0. The first kappa shape index (κ1) is 17.1. The highest BCUT2D eigenvalue weighted by atomic mass is 32.2. The van der Waals surface area contributed by atoms with Crippen LogP contribution in [0.5, 0.6) is 0 Å². The summed E-state index contributed by atoms with van der Waals surface area (Å²) in [7, 11) is -3.46. The zero-order valence-corrected chi connectivity index (χ0v) is 13.4. The first-order chi connectivity index (χ1) is 10.8. The van der Waals surface area contributed by atoms with E-state index in [1.165, 1.54) is 17.0 Å². The van der Waals surface area contributed by atoms with Crippen LogP contribution in [0.1, 0.15) is 5.56 Å². The van der Waals surface area contributed by atoms with Gasteiger partial charge in [0.2, 0.25) is 15.9 Å². The minimum absolute atomic E-state index is 0.217. The van der Waals surface area contributed by atoms with E-state index in [1.54, 1.807) is 36.4 Å². The number of sulfonamides is 1. The molecular formula is C16H17FN2O3S. The summed E-state index contributed by atoms with van der Waals surface area (Å²) in [4.78, 5) is 13.8. The third-order valence-corrected chi connectivity index (χ3v) is 3.78. The second kappa shape index (κ2) is 7.34. The number of hydrogen-bond donors (Lipinski definition) is 1. The molecule has 0 saturated heterocycles. The molecule has 7 heteroatoms. The molecule has 0 aliphatic rings. The normalized spacial score (nSPS) is 11.2. The number of nitrogens with zero attached hydrogens (tertiary/aromatic N) is 1. The molecule has 0 saturated carbocycles. The highest BCUT2D eigenvalue weighted by Gasteiger charge is 2.17. The van der Waals surface area contributed by atoms with Crippen molar-refractivity contribution < 1.29 is 17.6 Å². The monoisotopic (exact) mass is 336 g/mol. The van der Waals surface area contributed by atoms with Crippen LogP contribution in [0.4, 0.5) is 10.1 Å². The fraction of sp³-hybridized carbons (Fsp3) is 0.188. The largest absolute Gasteiger partial charge is 0.307 e. The molecule has 0 aliphatic heterocycles. The van der Waals surface area contributed by atoms with Gasteiger partial charge in [0.25, 0.3) is 0 Å². The fourth-order valence-corrected chi connectivity index (χ4v) is 2.38. The van der Waals surface area contributed by atoms with Crippen molar-refractivity contribution in [3.8, 4) is 0 Å². The second-order valence-electron chi connectivity index (χ2n) is 5.04. The SMILES string of the molecule is CS(=O)(=O)NCC(=O)N(Cc1ccc(F)cc1)c1ccccc1. The van der Waals surface area contributed by atoms with Gasteiger partial charge < -0.3 is 4.90 Å². The van der Waals surface area contributed by atoms with Crippen molar-refractivity contribution >= 4 is 21.6 Å². The van der Waals surface area contributed by atoms with Gasteiger partial charge in [-0.2, -0.15) is 0 Å². The molecule has 0 bridgehead atoms. The molecule has 1 N–H and O–H groups in total. The third-order valence-electron chi connectivity index (χ3n) is 3.11. The number of carbonyl (C=O) groups is 1. The number of carbonyl (C=O) groups excluding carboxylic acids is 1. The number of hydrogen-bond acceptors (Lipinski definition) is 3. The summed E-state index contributed by atoms with van der Waals surface area (Å²) < 4.78 is 37.5. The Morgan fingerprint density at radius 1 is 1.09 bits per heavy atom. The zero-order chi connectivity index (χ0) is 16.9. The Labute approximate surface area is 134 Å². The Balaban J connectivity index is 2.21. The number of benzene rings is 2. The van der Waals surface area contributed by atoms with Gasteiger partial charge in [0.1, 0.15) is 5.82 Å². The molecule has 0 fully saturated rings. The first-order valence-corrected chi connectivity index (χ1v) is 8.79. The summed E-state index contributed by atoms with van der Waals surface area (Å²) in [5.74, 6) is -0.754. The smallest absolute Gasteiger partial charge is 0.242 e. The van der Waals surface area contributed by atoms with Gasteiger partial charge in [-0.3, -0.25) is 4.79 Å². The summed E-state index contributed by atoms with van der Waals surface area (Å²) in [6.45, 7) is -0.122. The molecule has 0 aromatic heterocycles. The van der Waals surface area contributed by atoms with Crippen molar-refractivity contribution in [3.63, 3.8) is 0 Å². The van der Waals surface area contributed by atoms with Gasteiger partial charge >= 0.3 is 0 Å². The average molecular weight is 336 g/mol. The van der Waals surface area contributed by atoms with E-state index in [1.807, 2.05) is 6.07 Å². The summed E-state index contributed by atoms with van der Waals surface area (Å²) >= 11 is 0. The van der Waals surface area contributed by atoms with Crippen LogP contribution in [0.3, 0.4) is 0 Å². The molecule has 0 heterocycles. The van der Waals surface area contributed by atoms with Crippen molar-refractivity contribution in [2.75, 3.05) is 17.7 Å². The molecule has 0 unspecified atom stereocenters. The van der Waals surface area contributed by atoms with Crippen LogP contribution in [0.2, 0.25) is 0 Å². The fourth-order valence-electron chi connectivity index (χ4n) is 1.99. The van der Waals surface area contributed by atoms with Crippen LogP contribution in [-0.2, 0) is 21.4 Å². The van der Waals surface area contributed by atoms with Gasteiger partial charge in [-0.1, -0.05) is 30.3 Å². The quantitative estimate of drug-likeness (QED) is 0.876. The van der Waals surface area contributed by atoms with Gasteiger partial charge in [0.15, 0.2) is 0 Å². The van der Waals surface area contributed by atoms with Crippen LogP contribution in [0, 0.1) is 5.82 Å². The average Bonchev–Trinajstić information content (AvgIpc) is 2.52. The molecule has 23 heavy (non-hydrogen) atoms. The molecule has 0 radical (unpaired) electrons. The Bertz CT molecular complexity index is 762. The molecule has 122 valence electrons. The van der Waals surface area contributed by atoms with Crippen molar-refractivity contribution in [3.05, 3.63) is 66.0 Å². The number of anilines is 1. The molecule has 2 aromatic rings. The van der Waals surface area contributed by atoms with Crippen LogP contribution in [-0.4, -0.2) is 27.1 Å². The van der Waals surface area contributed by atoms with Crippen LogP contribution >= 0.6 is 0 Å². The van der Waals surface area contributed by atoms with Gasteiger partial charge in [-0.25, -0.2) is 17.5 Å². The summed E-state index contributed by atoms with van der Waals surface area (Å²) in [5, 5.41) is 0. The van der Waals surface area contributed by atoms with Crippen molar-refractivity contribution in [2.24, 2.45) is 0 Å². The number of rotatable bonds is 6. The summed E-state index contributed by atoms with van der Waals surface area (Å²) in [5.41, 5.74) is 1.38. The lowest BCUT2D eigenvalue weighted by atomic mass is 10.2. The molecular weight excluding hydrogens is 319 g/mol. The zero-order valence-electron chi connectivity index (χ0n) is 12.6. The second-order valence-corrected chi connectivity index (χ2v) is 6.87. The van der Waals surface area contributed by atoms with Gasteiger partial charge in [-0.15, -0.1) is 0 Å². The Hall–Kier alpha value is -2.25. The third kappa shape index (κ3) is 5.46. The van der Waals surface area contributed by atoms with E-state index in [0.29, 0.717) is 5.69 Å². The molecule has 0 aliphatic carbocycles. The van der Waals surface area contributed by atoms with Crippen molar-refractivity contribution in [2.45, 2.75) is 6.54 Å². The van der Waals surface area contributed by atoms with E-state index >= 15 is 0 Å². The number of para-hydroxylation sites is 1. The van der Waals surface area contributed by atoms with Gasteiger partial charge in [0.05, 0.1) is 19.3 Å². The highest BCUT2D eigenvalue weighted by molar-refractivity contribution is 7.88. The number of halogens is 1. The Morgan fingerprint density at radius 2 is 1.70 bits per heavy atom. The predicted octanol–water partition coefficient (Wildman–Crippen LogP) is 1.91. The maximum Gasteiger partial charge on any atom is 0.242 e. The lowest BCUT2D eigenvalue weighted by Crippen LogP contribution is -2.39. The van der Waals surface area contributed by atoms with Crippen molar-refractivity contribution in [1.82, 2.24) is 4.72 Å². The van der Waals surface area contributed by atoms with Crippen molar-refractivity contribution in [1.29, 1.82) is 0 Å². The summed E-state index contributed by atoms with van der Waals surface area (Å²) in [6, 6.07) is 14.7. The van der Waals surface area contributed by atoms with E-state index in [4.69, 9.17) is 0 Å². The minimum Gasteiger partial charge on any atom is -0.307 e. The van der Waals surface area contributed by atoms with Crippen LogP contribution in [0.15, 0.2) is 54.6 Å². The Morgan fingerprint density at radius 3 is 2.26 bits per heavy atom. The standard InChI is InChI=1S/C16H17FN2O3S/c1-23(21,22)18-11-16(20)19(15-5-3-2-4-6-15)12-13-7-9-14(17)10-8-13/h2-10,18H,11-12H2,1H3. The van der Waals surface area contributed by atoms with E-state index in [9.17, 15) is 17.6 Å². The van der Waals surface area contributed by atoms with E-state index in [0.717, 1.165) is 11.8 Å². The van der Waals surface area contributed by atoms with E-state index < -0.39 is 15.9 Å². The number of amides is 1. The van der Waals surface area contributed by atoms with Gasteiger partial charge in [0, 0.05) is 5.69 Å². The van der Waals surface area contributed by atoms with Crippen LogP contribution < -0.4 is 9.62 Å². The number of nitrogens with one attached hydrogen (secondary N) is 1. The topological polar surface area (TPSA) is 66.5 Å². The summed E-state index contributed by atoms with van der Waals surface area (Å²) in [6.07, 6.45) is 0.993. The maximum atomic E-state index is 13.0. The van der Waals surface area contributed by atoms with Crippen LogP contribution in [0.25, 0.3) is 0 Å². The molecule has 5 nitrogen and oxygen atoms in total. The minimum atomic E-state index is -3.46. The molecule has 2 aromatic carbocycles. The lowest BCUT2D eigenvalue weighted by Gasteiger charge is -2.23. The molecule has 2 rings (SSSR count). The molecule has 0 spiro atoms.